The van der Waals surface area contributed by atoms with E-state index in [9.17, 15) is 18.0 Å². The van der Waals surface area contributed by atoms with Crippen molar-refractivity contribution in [2.24, 2.45) is 5.73 Å². The highest BCUT2D eigenvalue weighted by Crippen LogP contribution is 2.34. The van der Waals surface area contributed by atoms with Crippen LogP contribution in [0.1, 0.15) is 5.56 Å². The number of nitrogen functional groups attached to an aromatic ring is 1. The number of benzene rings is 1. The SMILES string of the molecule is NC(=O)OCCNc1ccc(N)c(C(F)(F)F)c1. The van der Waals surface area contributed by atoms with Gasteiger partial charge in [-0.25, -0.2) is 4.79 Å². The zero-order chi connectivity index (χ0) is 13.8. The molecule has 1 aromatic rings. The van der Waals surface area contributed by atoms with Gasteiger partial charge in [-0.05, 0) is 18.2 Å². The summed E-state index contributed by atoms with van der Waals surface area (Å²) in [6, 6.07) is 3.44. The number of carbonyl (C=O) groups is 1. The summed E-state index contributed by atoms with van der Waals surface area (Å²) in [5, 5.41) is 2.65. The van der Waals surface area contributed by atoms with Gasteiger partial charge in [0.1, 0.15) is 6.61 Å². The van der Waals surface area contributed by atoms with Crippen LogP contribution in [0.3, 0.4) is 0 Å². The summed E-state index contributed by atoms with van der Waals surface area (Å²) in [4.78, 5) is 10.2. The molecule has 0 saturated carbocycles. The number of alkyl halides is 3. The van der Waals surface area contributed by atoms with Crippen molar-refractivity contribution in [1.29, 1.82) is 0 Å². The van der Waals surface area contributed by atoms with E-state index in [1.165, 1.54) is 6.07 Å². The summed E-state index contributed by atoms with van der Waals surface area (Å²) >= 11 is 0. The number of rotatable bonds is 4. The molecule has 1 amide bonds. The van der Waals surface area contributed by atoms with Crippen molar-refractivity contribution >= 4 is 17.5 Å². The molecule has 0 saturated heterocycles. The lowest BCUT2D eigenvalue weighted by Crippen LogP contribution is -2.18. The highest BCUT2D eigenvalue weighted by atomic mass is 19.4. The van der Waals surface area contributed by atoms with Crippen LogP contribution >= 0.6 is 0 Å². The van der Waals surface area contributed by atoms with Gasteiger partial charge in [-0.15, -0.1) is 0 Å². The Morgan fingerprint density at radius 2 is 2.06 bits per heavy atom. The number of amides is 1. The second-order valence-electron chi connectivity index (χ2n) is 3.39. The largest absolute Gasteiger partial charge is 0.448 e. The van der Waals surface area contributed by atoms with Crippen LogP contribution in [0.15, 0.2) is 18.2 Å². The number of hydrogen-bond acceptors (Lipinski definition) is 4. The van der Waals surface area contributed by atoms with Gasteiger partial charge in [-0.2, -0.15) is 13.2 Å². The summed E-state index contributed by atoms with van der Waals surface area (Å²) in [5.41, 5.74) is 8.92. The Hall–Kier alpha value is -2.12. The summed E-state index contributed by atoms with van der Waals surface area (Å²) in [7, 11) is 0. The van der Waals surface area contributed by atoms with Crippen LogP contribution in [0.5, 0.6) is 0 Å². The maximum Gasteiger partial charge on any atom is 0.418 e. The third kappa shape index (κ3) is 4.04. The number of ether oxygens (including phenoxy) is 1. The first kappa shape index (κ1) is 13.9. The average Bonchev–Trinajstić information content (AvgIpc) is 2.24. The molecule has 0 aliphatic rings. The zero-order valence-electron chi connectivity index (χ0n) is 9.25. The van der Waals surface area contributed by atoms with Crippen LogP contribution in [0, 0.1) is 0 Å². The Morgan fingerprint density at radius 1 is 1.39 bits per heavy atom. The van der Waals surface area contributed by atoms with Crippen LogP contribution < -0.4 is 16.8 Å². The molecule has 5 N–H and O–H groups in total. The third-order valence-electron chi connectivity index (χ3n) is 2.03. The molecule has 5 nitrogen and oxygen atoms in total. The molecular formula is C10H12F3N3O2. The topological polar surface area (TPSA) is 90.4 Å². The van der Waals surface area contributed by atoms with Crippen molar-refractivity contribution in [1.82, 2.24) is 0 Å². The lowest BCUT2D eigenvalue weighted by atomic mass is 10.1. The second-order valence-corrected chi connectivity index (χ2v) is 3.39. The normalized spacial score (nSPS) is 11.1. The summed E-state index contributed by atoms with van der Waals surface area (Å²) in [5.74, 6) is 0. The fourth-order valence-electron chi connectivity index (χ4n) is 1.26. The summed E-state index contributed by atoms with van der Waals surface area (Å²) in [6.07, 6.45) is -5.45. The Bertz CT molecular complexity index is 435. The van der Waals surface area contributed by atoms with Crippen LogP contribution in [0.2, 0.25) is 0 Å². The number of hydrogen-bond donors (Lipinski definition) is 3. The predicted octanol–water partition coefficient (Wildman–Crippen LogP) is 1.79. The minimum Gasteiger partial charge on any atom is -0.448 e. The zero-order valence-corrected chi connectivity index (χ0v) is 9.25. The molecular weight excluding hydrogens is 251 g/mol. The highest BCUT2D eigenvalue weighted by Gasteiger charge is 2.33. The van der Waals surface area contributed by atoms with E-state index in [1.54, 1.807) is 0 Å². The van der Waals surface area contributed by atoms with Gasteiger partial charge in [0.25, 0.3) is 0 Å². The molecule has 0 radical (unpaired) electrons. The molecule has 100 valence electrons. The molecule has 0 spiro atoms. The number of halogens is 3. The van der Waals surface area contributed by atoms with Crippen molar-refractivity contribution in [2.45, 2.75) is 6.18 Å². The van der Waals surface area contributed by atoms with E-state index in [-0.39, 0.29) is 24.5 Å². The van der Waals surface area contributed by atoms with Gasteiger partial charge in [-0.3, -0.25) is 0 Å². The van der Waals surface area contributed by atoms with Gasteiger partial charge in [0, 0.05) is 17.9 Å². The quantitative estimate of drug-likeness (QED) is 0.570. The van der Waals surface area contributed by atoms with E-state index < -0.39 is 17.8 Å². The predicted molar refractivity (Wildman–Crippen MR) is 59.9 cm³/mol. The molecule has 1 aromatic carbocycles. The smallest absolute Gasteiger partial charge is 0.418 e. The number of primary amides is 1. The van der Waals surface area contributed by atoms with Crippen molar-refractivity contribution in [3.63, 3.8) is 0 Å². The van der Waals surface area contributed by atoms with Gasteiger partial charge >= 0.3 is 12.3 Å². The summed E-state index contributed by atoms with van der Waals surface area (Å²) < 4.78 is 42.0. The molecule has 0 aliphatic carbocycles. The number of nitrogens with one attached hydrogen (secondary N) is 1. The van der Waals surface area contributed by atoms with Gasteiger partial charge in [0.05, 0.1) is 5.56 Å². The molecule has 0 aliphatic heterocycles. The van der Waals surface area contributed by atoms with E-state index in [2.05, 4.69) is 10.1 Å². The lowest BCUT2D eigenvalue weighted by Gasteiger charge is -2.12. The monoisotopic (exact) mass is 263 g/mol. The number of carbonyl (C=O) groups excluding carboxylic acids is 1. The Kier molecular flexibility index (Phi) is 4.24. The first-order valence-corrected chi connectivity index (χ1v) is 4.93. The Balaban J connectivity index is 2.65. The van der Waals surface area contributed by atoms with E-state index in [0.717, 1.165) is 12.1 Å². The Labute approximate surface area is 101 Å². The molecule has 0 atom stereocenters. The van der Waals surface area contributed by atoms with Crippen LogP contribution in [0.4, 0.5) is 29.3 Å². The molecule has 0 bridgehead atoms. The van der Waals surface area contributed by atoms with Gasteiger partial charge < -0.3 is 21.5 Å². The van der Waals surface area contributed by atoms with Gasteiger partial charge in [-0.1, -0.05) is 0 Å². The molecule has 0 aromatic heterocycles. The van der Waals surface area contributed by atoms with Crippen molar-refractivity contribution < 1.29 is 22.7 Å². The van der Waals surface area contributed by atoms with E-state index in [1.807, 2.05) is 0 Å². The molecule has 0 fully saturated rings. The molecule has 0 heterocycles. The molecule has 1 rings (SSSR count). The van der Waals surface area contributed by atoms with Crippen LogP contribution in [0.25, 0.3) is 0 Å². The molecule has 8 heteroatoms. The van der Waals surface area contributed by atoms with E-state index in [0.29, 0.717) is 0 Å². The van der Waals surface area contributed by atoms with E-state index in [4.69, 9.17) is 11.5 Å². The van der Waals surface area contributed by atoms with Gasteiger partial charge in [0.2, 0.25) is 0 Å². The van der Waals surface area contributed by atoms with E-state index >= 15 is 0 Å². The Morgan fingerprint density at radius 3 is 2.61 bits per heavy atom. The molecule has 0 unspecified atom stereocenters. The first-order valence-electron chi connectivity index (χ1n) is 4.93. The van der Waals surface area contributed by atoms with Crippen molar-refractivity contribution in [2.75, 3.05) is 24.2 Å². The lowest BCUT2D eigenvalue weighted by molar-refractivity contribution is -0.136. The van der Waals surface area contributed by atoms with Crippen molar-refractivity contribution in [3.8, 4) is 0 Å². The van der Waals surface area contributed by atoms with Gasteiger partial charge in [0.15, 0.2) is 0 Å². The van der Waals surface area contributed by atoms with Crippen molar-refractivity contribution in [3.05, 3.63) is 23.8 Å². The fraction of sp³-hybridized carbons (Fsp3) is 0.300. The fourth-order valence-corrected chi connectivity index (χ4v) is 1.26. The minimum atomic E-state index is -4.51. The van der Waals surface area contributed by atoms with Crippen LogP contribution in [-0.4, -0.2) is 19.2 Å². The number of nitrogens with two attached hydrogens (primary N) is 2. The minimum absolute atomic E-state index is 0.0406. The average molecular weight is 263 g/mol. The highest BCUT2D eigenvalue weighted by molar-refractivity contribution is 5.64. The maximum absolute atomic E-state index is 12.5. The third-order valence-corrected chi connectivity index (χ3v) is 2.03. The first-order chi connectivity index (χ1) is 8.30. The summed E-state index contributed by atoms with van der Waals surface area (Å²) in [6.45, 7) is 0.102. The standard InChI is InChI=1S/C10H12F3N3O2/c11-10(12,13)7-5-6(1-2-8(7)14)16-3-4-18-9(15)17/h1-2,5,16H,3-4,14H2,(H2,15,17). The van der Waals surface area contributed by atoms with Crippen LogP contribution in [-0.2, 0) is 10.9 Å². The second kappa shape index (κ2) is 5.48. The molecule has 18 heavy (non-hydrogen) atoms. The number of anilines is 2. The maximum atomic E-state index is 12.5.